The van der Waals surface area contributed by atoms with E-state index in [-0.39, 0.29) is 13.5 Å². The summed E-state index contributed by atoms with van der Waals surface area (Å²) < 4.78 is 0. The normalized spacial score (nSPS) is 8.06. The maximum absolute atomic E-state index is 8.20. The summed E-state index contributed by atoms with van der Waals surface area (Å²) in [5, 5.41) is 8.20. The van der Waals surface area contributed by atoms with Crippen molar-refractivity contribution in [2.45, 2.75) is 59.8 Å². The van der Waals surface area contributed by atoms with Crippen LogP contribution in [0.3, 0.4) is 0 Å². The number of hydrogen-bond donors (Lipinski definition) is 1. The molecule has 0 bridgehead atoms. The van der Waals surface area contributed by atoms with Crippen LogP contribution in [-0.2, 0) is 0 Å². The van der Waals surface area contributed by atoms with Crippen LogP contribution in [0, 0.1) is 6.92 Å². The van der Waals surface area contributed by atoms with E-state index in [4.69, 9.17) is 5.11 Å². The Balaban J connectivity index is -0.000000190. The topological polar surface area (TPSA) is 20.2 Å². The molecule has 18 heavy (non-hydrogen) atoms. The van der Waals surface area contributed by atoms with Crippen LogP contribution >= 0.6 is 13.5 Å². The van der Waals surface area contributed by atoms with Gasteiger partial charge in [0, 0.05) is 6.61 Å². The minimum absolute atomic E-state index is 0. The number of aryl methyl sites for hydroxylation is 1. The molecule has 0 aliphatic heterocycles. The van der Waals surface area contributed by atoms with Crippen molar-refractivity contribution in [2.24, 2.45) is 0 Å². The molecule has 0 amide bonds. The summed E-state index contributed by atoms with van der Waals surface area (Å²) in [6.07, 6.45) is 5.97. The summed E-state index contributed by atoms with van der Waals surface area (Å²) in [6, 6.07) is 10.3. The van der Waals surface area contributed by atoms with E-state index in [2.05, 4.69) is 39.8 Å². The molecule has 0 spiro atoms. The Hall–Kier alpha value is -0.470. The predicted molar refractivity (Wildman–Crippen MR) is 88.8 cm³/mol. The van der Waals surface area contributed by atoms with Crippen molar-refractivity contribution in [3.63, 3.8) is 0 Å². The highest BCUT2D eigenvalue weighted by Crippen LogP contribution is 1.92. The van der Waals surface area contributed by atoms with Gasteiger partial charge in [-0.1, -0.05) is 82.3 Å². The quantitative estimate of drug-likeness (QED) is 0.758. The van der Waals surface area contributed by atoms with Crippen molar-refractivity contribution in [1.29, 1.82) is 0 Å². The van der Waals surface area contributed by atoms with E-state index < -0.39 is 0 Å². The first-order valence-electron chi connectivity index (χ1n) is 6.85. The van der Waals surface area contributed by atoms with Crippen LogP contribution in [0.2, 0.25) is 0 Å². The highest BCUT2D eigenvalue weighted by Gasteiger charge is 1.76. The molecule has 0 fully saturated rings. The van der Waals surface area contributed by atoms with Crippen LogP contribution in [0.1, 0.15) is 58.4 Å². The summed E-state index contributed by atoms with van der Waals surface area (Å²) in [6.45, 7) is 8.92. The Morgan fingerprint density at radius 3 is 1.50 bits per heavy atom. The van der Waals surface area contributed by atoms with Gasteiger partial charge in [0.05, 0.1) is 0 Å². The molecule has 0 saturated carbocycles. The van der Waals surface area contributed by atoms with Gasteiger partial charge in [-0.2, -0.15) is 13.5 Å². The van der Waals surface area contributed by atoms with Gasteiger partial charge >= 0.3 is 0 Å². The standard InChI is InChI=1S/C7H8.C5H12O.C4H10.H2S/c1-7-5-3-2-4-6-7;1-2-3-4-5-6;1-3-4-2;/h2-6H,1H3;6H,2-5H2,1H3;3-4H2,1-2H3;1H2. The van der Waals surface area contributed by atoms with Crippen molar-refractivity contribution in [3.05, 3.63) is 35.9 Å². The molecule has 0 aliphatic rings. The van der Waals surface area contributed by atoms with Crippen LogP contribution in [-0.4, -0.2) is 11.7 Å². The minimum Gasteiger partial charge on any atom is -0.396 e. The highest BCUT2D eigenvalue weighted by atomic mass is 32.1. The molecule has 0 atom stereocenters. The number of benzene rings is 1. The molecular formula is C16H32OS. The molecule has 1 aromatic rings. The second-order valence-corrected chi connectivity index (χ2v) is 4.09. The third kappa shape index (κ3) is 24.7. The van der Waals surface area contributed by atoms with Crippen molar-refractivity contribution in [1.82, 2.24) is 0 Å². The summed E-state index contributed by atoms with van der Waals surface area (Å²) in [5.41, 5.74) is 1.32. The zero-order valence-corrected chi connectivity index (χ0v) is 13.6. The van der Waals surface area contributed by atoms with E-state index in [0.29, 0.717) is 6.61 Å². The Morgan fingerprint density at radius 2 is 1.33 bits per heavy atom. The monoisotopic (exact) mass is 272 g/mol. The Morgan fingerprint density at radius 1 is 0.833 bits per heavy atom. The number of rotatable bonds is 4. The van der Waals surface area contributed by atoms with Gasteiger partial charge in [-0.15, -0.1) is 0 Å². The summed E-state index contributed by atoms with van der Waals surface area (Å²) >= 11 is 0. The number of aliphatic hydroxyl groups excluding tert-OH is 1. The van der Waals surface area contributed by atoms with Crippen molar-refractivity contribution >= 4 is 13.5 Å². The second kappa shape index (κ2) is 21.8. The average Bonchev–Trinajstić information content (AvgIpc) is 2.38. The molecule has 108 valence electrons. The maximum atomic E-state index is 8.20. The van der Waals surface area contributed by atoms with Gasteiger partial charge in [0.1, 0.15) is 0 Å². The van der Waals surface area contributed by atoms with E-state index in [1.165, 1.54) is 24.8 Å². The third-order valence-electron chi connectivity index (χ3n) is 2.20. The van der Waals surface area contributed by atoms with E-state index in [9.17, 15) is 0 Å². The van der Waals surface area contributed by atoms with E-state index in [0.717, 1.165) is 12.8 Å². The largest absolute Gasteiger partial charge is 0.396 e. The van der Waals surface area contributed by atoms with Crippen LogP contribution in [0.25, 0.3) is 0 Å². The first-order chi connectivity index (χ1) is 8.22. The average molecular weight is 272 g/mol. The van der Waals surface area contributed by atoms with Crippen LogP contribution < -0.4 is 0 Å². The van der Waals surface area contributed by atoms with Crippen LogP contribution in [0.4, 0.5) is 0 Å². The lowest BCUT2D eigenvalue weighted by Crippen LogP contribution is -1.78. The van der Waals surface area contributed by atoms with Gasteiger partial charge in [0.15, 0.2) is 0 Å². The molecular weight excluding hydrogens is 240 g/mol. The summed E-state index contributed by atoms with van der Waals surface area (Å²) in [4.78, 5) is 0. The lowest BCUT2D eigenvalue weighted by Gasteiger charge is -1.85. The van der Waals surface area contributed by atoms with E-state index in [1.54, 1.807) is 0 Å². The maximum Gasteiger partial charge on any atom is 0.0431 e. The molecule has 0 unspecified atom stereocenters. The Labute approximate surface area is 121 Å². The Bertz CT molecular complexity index is 206. The van der Waals surface area contributed by atoms with E-state index >= 15 is 0 Å². The number of hydrogen-bond acceptors (Lipinski definition) is 1. The molecule has 1 nitrogen and oxygen atoms in total. The first-order valence-corrected chi connectivity index (χ1v) is 6.85. The third-order valence-corrected chi connectivity index (χ3v) is 2.20. The fourth-order valence-electron chi connectivity index (χ4n) is 0.896. The van der Waals surface area contributed by atoms with Crippen molar-refractivity contribution < 1.29 is 5.11 Å². The van der Waals surface area contributed by atoms with Crippen LogP contribution in [0.15, 0.2) is 30.3 Å². The van der Waals surface area contributed by atoms with Gasteiger partial charge in [0.25, 0.3) is 0 Å². The molecule has 2 heteroatoms. The smallest absolute Gasteiger partial charge is 0.0431 e. The highest BCUT2D eigenvalue weighted by molar-refractivity contribution is 7.59. The van der Waals surface area contributed by atoms with Crippen molar-refractivity contribution in [2.75, 3.05) is 6.61 Å². The SMILES string of the molecule is CCCC.CCCCCO.Cc1ccccc1.S. The molecule has 0 radical (unpaired) electrons. The number of aliphatic hydroxyl groups is 1. The molecule has 0 aromatic heterocycles. The second-order valence-electron chi connectivity index (χ2n) is 4.09. The van der Waals surface area contributed by atoms with Gasteiger partial charge in [-0.3, -0.25) is 0 Å². The molecule has 0 aliphatic carbocycles. The molecule has 1 rings (SSSR count). The van der Waals surface area contributed by atoms with Gasteiger partial charge in [-0.25, -0.2) is 0 Å². The first kappa shape index (κ1) is 22.7. The predicted octanol–water partition coefficient (Wildman–Crippen LogP) is 5.08. The summed E-state index contributed by atoms with van der Waals surface area (Å²) in [5.74, 6) is 0. The minimum atomic E-state index is 0. The lowest BCUT2D eigenvalue weighted by molar-refractivity contribution is 0.284. The zero-order chi connectivity index (χ0) is 13.4. The Kier molecular flexibility index (Phi) is 27.5. The summed E-state index contributed by atoms with van der Waals surface area (Å²) in [7, 11) is 0. The fourth-order valence-corrected chi connectivity index (χ4v) is 0.896. The molecule has 0 saturated heterocycles. The molecule has 1 aromatic carbocycles. The fraction of sp³-hybridized carbons (Fsp3) is 0.625. The number of unbranched alkanes of at least 4 members (excludes halogenated alkanes) is 3. The van der Waals surface area contributed by atoms with E-state index in [1.807, 2.05) is 18.2 Å². The zero-order valence-electron chi connectivity index (χ0n) is 12.6. The lowest BCUT2D eigenvalue weighted by atomic mass is 10.2. The molecule has 0 heterocycles. The van der Waals surface area contributed by atoms with Gasteiger partial charge in [0.2, 0.25) is 0 Å². The van der Waals surface area contributed by atoms with Gasteiger partial charge in [-0.05, 0) is 13.3 Å². The molecule has 1 N–H and O–H groups in total. The van der Waals surface area contributed by atoms with Crippen LogP contribution in [0.5, 0.6) is 0 Å². The van der Waals surface area contributed by atoms with Gasteiger partial charge < -0.3 is 5.11 Å². The van der Waals surface area contributed by atoms with Crippen molar-refractivity contribution in [3.8, 4) is 0 Å².